The summed E-state index contributed by atoms with van der Waals surface area (Å²) in [5.41, 5.74) is 1.53. The summed E-state index contributed by atoms with van der Waals surface area (Å²) in [6.07, 6.45) is -0.0568. The van der Waals surface area contributed by atoms with Gasteiger partial charge < -0.3 is 14.4 Å². The normalized spacial score (nSPS) is 15.3. The van der Waals surface area contributed by atoms with Crippen molar-refractivity contribution >= 4 is 38.5 Å². The number of carbonyl (C=O) groups is 2. The molecule has 1 fully saturated rings. The highest BCUT2D eigenvalue weighted by atomic mass is 32.2. The molecule has 0 saturated carbocycles. The fraction of sp³-hybridized carbons (Fsp3) is 0.233. The van der Waals surface area contributed by atoms with Gasteiger partial charge in [-0.05, 0) is 59.9 Å². The van der Waals surface area contributed by atoms with Crippen LogP contribution in [-0.4, -0.2) is 54.4 Å². The van der Waals surface area contributed by atoms with E-state index in [4.69, 9.17) is 9.26 Å². The Bertz CT molecular complexity index is 1820. The minimum absolute atomic E-state index is 0.109. The minimum Gasteiger partial charge on any atom is -0.481 e. The van der Waals surface area contributed by atoms with Crippen LogP contribution in [0.2, 0.25) is 0 Å². The summed E-state index contributed by atoms with van der Waals surface area (Å²) in [7, 11) is -3.47. The molecule has 1 amide bonds. The van der Waals surface area contributed by atoms with Gasteiger partial charge in [0.25, 0.3) is 0 Å². The van der Waals surface area contributed by atoms with E-state index >= 15 is 0 Å². The fourth-order valence-corrected chi connectivity index (χ4v) is 5.58. The molecule has 1 saturated heterocycles. The van der Waals surface area contributed by atoms with Crippen LogP contribution in [-0.2, 0) is 25.0 Å². The number of nitrogens with zero attached hydrogens (tertiary/aromatic N) is 2. The van der Waals surface area contributed by atoms with Crippen molar-refractivity contribution in [1.82, 2.24) is 9.46 Å². The second kappa shape index (κ2) is 10.7. The topological polar surface area (TPSA) is 139 Å². The summed E-state index contributed by atoms with van der Waals surface area (Å²) in [6.45, 7) is 3.24. The van der Waals surface area contributed by atoms with Gasteiger partial charge in [-0.15, -0.1) is 0 Å². The number of aryl methyl sites for hydroxylation is 1. The van der Waals surface area contributed by atoms with E-state index in [1.807, 2.05) is 42.5 Å². The van der Waals surface area contributed by atoms with Gasteiger partial charge >= 0.3 is 12.1 Å². The number of carbonyl (C=O) groups excluding carboxylic acids is 1. The molecule has 2 heterocycles. The number of aromatic nitrogens is 1. The standard InChI is InChI=1S/C30H27N3O7S/c1-19-27(31-29(36)39-20(2)22-7-5-4-6-8-22)26(40-32-19)14-10-21-9-11-24-16-25(13-12-23(24)15-21)30(28(34)35)17-33(18-30)41(3,37)38/h4-9,11-13,15-16,20H,17-18H2,1-3H3,(H,31,36)(H,34,35). The van der Waals surface area contributed by atoms with E-state index in [9.17, 15) is 23.1 Å². The largest absolute Gasteiger partial charge is 0.481 e. The van der Waals surface area contributed by atoms with Crippen molar-refractivity contribution in [2.75, 3.05) is 24.7 Å². The third-order valence-electron chi connectivity index (χ3n) is 7.13. The van der Waals surface area contributed by atoms with Gasteiger partial charge in [-0.25, -0.2) is 13.2 Å². The van der Waals surface area contributed by atoms with E-state index < -0.39 is 33.6 Å². The fourth-order valence-electron chi connectivity index (χ4n) is 4.67. The van der Waals surface area contributed by atoms with Crippen molar-refractivity contribution in [3.05, 3.63) is 94.9 Å². The molecule has 3 aromatic carbocycles. The zero-order chi connectivity index (χ0) is 29.4. The number of carboxylic acids is 1. The number of anilines is 1. The number of nitrogens with one attached hydrogen (secondary N) is 1. The van der Waals surface area contributed by atoms with E-state index in [0.717, 1.165) is 26.9 Å². The number of hydrogen-bond acceptors (Lipinski definition) is 7. The first-order chi connectivity index (χ1) is 19.5. The maximum atomic E-state index is 12.5. The highest BCUT2D eigenvalue weighted by Crippen LogP contribution is 2.38. The number of rotatable bonds is 6. The van der Waals surface area contributed by atoms with Gasteiger partial charge in [-0.1, -0.05) is 59.6 Å². The summed E-state index contributed by atoms with van der Waals surface area (Å²) >= 11 is 0. The monoisotopic (exact) mass is 573 g/mol. The quantitative estimate of drug-likeness (QED) is 0.323. The lowest BCUT2D eigenvalue weighted by Crippen LogP contribution is -2.64. The average Bonchev–Trinajstić information content (AvgIpc) is 3.24. The second-order valence-corrected chi connectivity index (χ2v) is 12.0. The Labute approximate surface area is 237 Å². The third-order valence-corrected chi connectivity index (χ3v) is 8.32. The number of fused-ring (bicyclic) bond motifs is 1. The van der Waals surface area contributed by atoms with Gasteiger partial charge in [0.2, 0.25) is 15.8 Å². The van der Waals surface area contributed by atoms with Crippen molar-refractivity contribution in [3.63, 3.8) is 0 Å². The van der Waals surface area contributed by atoms with E-state index in [1.165, 1.54) is 0 Å². The zero-order valence-corrected chi connectivity index (χ0v) is 23.4. The Morgan fingerprint density at radius 3 is 2.44 bits per heavy atom. The van der Waals surface area contributed by atoms with Crippen LogP contribution < -0.4 is 5.32 Å². The van der Waals surface area contributed by atoms with E-state index in [2.05, 4.69) is 22.3 Å². The van der Waals surface area contributed by atoms with Crippen molar-refractivity contribution in [2.24, 2.45) is 0 Å². The molecule has 0 aliphatic carbocycles. The molecule has 2 N–H and O–H groups in total. The molecule has 210 valence electrons. The van der Waals surface area contributed by atoms with Crippen LogP contribution in [0.15, 0.2) is 71.3 Å². The molecular formula is C30H27N3O7S. The number of sulfonamides is 1. The molecule has 4 aromatic rings. The number of ether oxygens (including phenoxy) is 1. The summed E-state index contributed by atoms with van der Waals surface area (Å²) in [6, 6.07) is 20.1. The minimum atomic E-state index is -3.47. The molecule has 0 bridgehead atoms. The highest BCUT2D eigenvalue weighted by Gasteiger charge is 2.54. The molecule has 1 unspecified atom stereocenters. The first-order valence-corrected chi connectivity index (χ1v) is 14.5. The molecule has 1 aliphatic rings. The Morgan fingerprint density at radius 1 is 1.07 bits per heavy atom. The lowest BCUT2D eigenvalue weighted by molar-refractivity contribution is -0.148. The molecule has 0 spiro atoms. The van der Waals surface area contributed by atoms with Crippen LogP contribution in [0.5, 0.6) is 0 Å². The van der Waals surface area contributed by atoms with Crippen molar-refractivity contribution in [2.45, 2.75) is 25.4 Å². The molecular weight excluding hydrogens is 546 g/mol. The van der Waals surface area contributed by atoms with Crippen LogP contribution in [0.4, 0.5) is 10.5 Å². The first kappa shape index (κ1) is 27.9. The van der Waals surface area contributed by atoms with Crippen molar-refractivity contribution in [3.8, 4) is 11.8 Å². The van der Waals surface area contributed by atoms with Gasteiger partial charge in [0.15, 0.2) is 0 Å². The van der Waals surface area contributed by atoms with Gasteiger partial charge in [0.1, 0.15) is 22.9 Å². The Morgan fingerprint density at radius 2 is 1.76 bits per heavy atom. The predicted molar refractivity (Wildman–Crippen MR) is 152 cm³/mol. The highest BCUT2D eigenvalue weighted by molar-refractivity contribution is 7.88. The molecule has 1 aliphatic heterocycles. The Kier molecular flexibility index (Phi) is 7.29. The van der Waals surface area contributed by atoms with Crippen molar-refractivity contribution < 1.29 is 32.4 Å². The number of amides is 1. The van der Waals surface area contributed by atoms with Crippen LogP contribution >= 0.6 is 0 Å². The molecule has 1 aromatic heterocycles. The lowest BCUT2D eigenvalue weighted by Gasteiger charge is -2.45. The maximum absolute atomic E-state index is 12.5. The van der Waals surface area contributed by atoms with Crippen molar-refractivity contribution in [1.29, 1.82) is 0 Å². The molecule has 5 rings (SSSR count). The predicted octanol–water partition coefficient (Wildman–Crippen LogP) is 4.44. The molecule has 1 atom stereocenters. The SMILES string of the molecule is Cc1noc(C#Cc2ccc3cc(C4(C(=O)O)CN(S(C)(=O)=O)C4)ccc3c2)c1NC(=O)OC(C)c1ccccc1. The van der Waals surface area contributed by atoms with E-state index in [-0.39, 0.29) is 18.8 Å². The van der Waals surface area contributed by atoms with Gasteiger partial charge in [0.05, 0.1) is 6.26 Å². The first-order valence-electron chi connectivity index (χ1n) is 12.7. The summed E-state index contributed by atoms with van der Waals surface area (Å²) in [5, 5.41) is 18.1. The Balaban J connectivity index is 1.33. The average molecular weight is 574 g/mol. The maximum Gasteiger partial charge on any atom is 0.412 e. The lowest BCUT2D eigenvalue weighted by atomic mass is 9.74. The van der Waals surface area contributed by atoms with E-state index in [1.54, 1.807) is 38.1 Å². The van der Waals surface area contributed by atoms with Crippen LogP contribution in [0.1, 0.15) is 41.2 Å². The molecule has 0 radical (unpaired) electrons. The number of hydrogen-bond donors (Lipinski definition) is 2. The van der Waals surface area contributed by atoms with Gasteiger partial charge in [0, 0.05) is 18.7 Å². The van der Waals surface area contributed by atoms with Gasteiger partial charge in [-0.2, -0.15) is 4.31 Å². The smallest absolute Gasteiger partial charge is 0.412 e. The summed E-state index contributed by atoms with van der Waals surface area (Å²) < 4.78 is 35.6. The zero-order valence-electron chi connectivity index (χ0n) is 22.5. The molecule has 41 heavy (non-hydrogen) atoms. The van der Waals surface area contributed by atoms with E-state index in [0.29, 0.717) is 22.5 Å². The third kappa shape index (κ3) is 5.66. The molecule has 10 nitrogen and oxygen atoms in total. The number of aliphatic carboxylic acids is 1. The van der Waals surface area contributed by atoms with Gasteiger partial charge in [-0.3, -0.25) is 10.1 Å². The van der Waals surface area contributed by atoms with Crippen LogP contribution in [0.25, 0.3) is 10.8 Å². The molecule has 11 heteroatoms. The summed E-state index contributed by atoms with van der Waals surface area (Å²) in [5.74, 6) is 5.02. The number of carboxylic acid groups (broad SMARTS) is 1. The summed E-state index contributed by atoms with van der Waals surface area (Å²) in [4.78, 5) is 24.6. The van der Waals surface area contributed by atoms with Crippen LogP contribution in [0.3, 0.4) is 0 Å². The van der Waals surface area contributed by atoms with Crippen LogP contribution in [0, 0.1) is 18.8 Å². The number of benzene rings is 3. The Hall–Kier alpha value is -4.66. The second-order valence-electron chi connectivity index (χ2n) is 10.0.